The maximum Gasteiger partial charge on any atom is 0.255 e. The van der Waals surface area contributed by atoms with E-state index >= 15 is 0 Å². The monoisotopic (exact) mass is 292 g/mol. The number of rotatable bonds is 3. The highest BCUT2D eigenvalue weighted by molar-refractivity contribution is 7.10. The molecule has 2 atom stereocenters. The molecule has 0 aliphatic carbocycles. The molecule has 0 unspecified atom stereocenters. The van der Waals surface area contributed by atoms with Crippen molar-refractivity contribution in [3.05, 3.63) is 21.9 Å². The topological polar surface area (TPSA) is 49.4 Å². The molecule has 108 valence electrons. The molecule has 2 bridgehead atoms. The highest BCUT2D eigenvalue weighted by Crippen LogP contribution is 2.31. The number of amides is 2. The lowest BCUT2D eigenvalue weighted by molar-refractivity contribution is -0.121. The van der Waals surface area contributed by atoms with Crippen LogP contribution in [0.1, 0.15) is 47.8 Å². The van der Waals surface area contributed by atoms with Crippen LogP contribution in [0.4, 0.5) is 0 Å². The number of hydrogen-bond acceptors (Lipinski definition) is 3. The van der Waals surface area contributed by atoms with Crippen molar-refractivity contribution in [1.82, 2.24) is 10.2 Å². The highest BCUT2D eigenvalue weighted by Gasteiger charge is 2.40. The van der Waals surface area contributed by atoms with Gasteiger partial charge < -0.3 is 10.2 Å². The fourth-order valence-corrected chi connectivity index (χ4v) is 4.19. The zero-order valence-electron chi connectivity index (χ0n) is 11.7. The fourth-order valence-electron chi connectivity index (χ4n) is 3.23. The minimum Gasteiger partial charge on any atom is -0.354 e. The first-order chi connectivity index (χ1) is 9.69. The number of hydrogen-bond donors (Lipinski definition) is 1. The Kier molecular flexibility index (Phi) is 3.78. The molecule has 0 saturated carbocycles. The second-order valence-corrected chi connectivity index (χ2v) is 6.65. The number of carbonyl (C=O) groups excluding carboxylic acids is 2. The summed E-state index contributed by atoms with van der Waals surface area (Å²) < 4.78 is 0. The Bertz CT molecular complexity index is 526. The summed E-state index contributed by atoms with van der Waals surface area (Å²) in [6, 6.07) is 2.29. The van der Waals surface area contributed by atoms with E-state index in [9.17, 15) is 9.59 Å². The van der Waals surface area contributed by atoms with E-state index in [0.29, 0.717) is 13.0 Å². The predicted octanol–water partition coefficient (Wildman–Crippen LogP) is 2.19. The fraction of sp³-hybridized carbons (Fsp3) is 0.600. The van der Waals surface area contributed by atoms with E-state index in [-0.39, 0.29) is 23.9 Å². The molecule has 1 aromatic heterocycles. The Labute approximate surface area is 123 Å². The molecule has 2 amide bonds. The van der Waals surface area contributed by atoms with E-state index in [1.165, 1.54) is 4.88 Å². The average Bonchev–Trinajstić information content (AvgIpc) is 2.98. The van der Waals surface area contributed by atoms with Gasteiger partial charge in [0.25, 0.3) is 5.91 Å². The number of carbonyl (C=O) groups is 2. The number of fused-ring (bicyclic) bond motifs is 2. The third-order valence-corrected chi connectivity index (χ3v) is 5.20. The maximum atomic E-state index is 12.7. The number of aryl methyl sites for hydroxylation is 1. The van der Waals surface area contributed by atoms with Gasteiger partial charge in [0.2, 0.25) is 5.91 Å². The smallest absolute Gasteiger partial charge is 0.255 e. The van der Waals surface area contributed by atoms with Crippen molar-refractivity contribution in [2.24, 2.45) is 0 Å². The Balaban J connectivity index is 1.80. The van der Waals surface area contributed by atoms with Gasteiger partial charge in [0.05, 0.1) is 5.56 Å². The summed E-state index contributed by atoms with van der Waals surface area (Å²) in [7, 11) is 0. The molecule has 2 fully saturated rings. The van der Waals surface area contributed by atoms with E-state index in [1.54, 1.807) is 11.3 Å². The standard InChI is InChI=1S/C15H20N2O2S/c1-2-3-13-6-10(9-20-13)15(19)17-11-4-5-12(17)8-16-14(18)7-11/h6,9,11-12H,2-5,7-8H2,1H3,(H,16,18)/t11-,12+/m1/s1. The molecule has 3 heterocycles. The highest BCUT2D eigenvalue weighted by atomic mass is 32.1. The molecule has 0 aromatic carbocycles. The molecule has 1 aromatic rings. The van der Waals surface area contributed by atoms with Gasteiger partial charge in [-0.2, -0.15) is 0 Å². The molecule has 2 aliphatic heterocycles. The van der Waals surface area contributed by atoms with Crippen molar-refractivity contribution in [2.45, 2.75) is 51.1 Å². The van der Waals surface area contributed by atoms with Crippen molar-refractivity contribution < 1.29 is 9.59 Å². The molecule has 1 N–H and O–H groups in total. The lowest BCUT2D eigenvalue weighted by Gasteiger charge is -2.27. The van der Waals surface area contributed by atoms with Gasteiger partial charge in [-0.3, -0.25) is 9.59 Å². The van der Waals surface area contributed by atoms with Crippen LogP contribution < -0.4 is 5.32 Å². The van der Waals surface area contributed by atoms with E-state index in [2.05, 4.69) is 12.2 Å². The second kappa shape index (κ2) is 5.56. The normalized spacial score (nSPS) is 25.4. The van der Waals surface area contributed by atoms with Crippen LogP contribution in [0.15, 0.2) is 11.4 Å². The van der Waals surface area contributed by atoms with Gasteiger partial charge >= 0.3 is 0 Å². The number of nitrogens with one attached hydrogen (secondary N) is 1. The van der Waals surface area contributed by atoms with Crippen LogP contribution in [0, 0.1) is 0 Å². The molecular weight excluding hydrogens is 272 g/mol. The summed E-state index contributed by atoms with van der Waals surface area (Å²) in [5, 5.41) is 4.87. The summed E-state index contributed by atoms with van der Waals surface area (Å²) >= 11 is 1.67. The zero-order valence-corrected chi connectivity index (χ0v) is 12.5. The Morgan fingerprint density at radius 2 is 2.25 bits per heavy atom. The minimum absolute atomic E-state index is 0.0759. The molecular formula is C15H20N2O2S. The van der Waals surface area contributed by atoms with Gasteiger partial charge in [-0.25, -0.2) is 0 Å². The first-order valence-electron chi connectivity index (χ1n) is 7.35. The van der Waals surface area contributed by atoms with Gasteiger partial charge in [0, 0.05) is 35.3 Å². The van der Waals surface area contributed by atoms with Crippen molar-refractivity contribution in [1.29, 1.82) is 0 Å². The van der Waals surface area contributed by atoms with E-state index < -0.39 is 0 Å². The molecule has 2 saturated heterocycles. The quantitative estimate of drug-likeness (QED) is 0.928. The molecule has 0 spiro atoms. The van der Waals surface area contributed by atoms with E-state index in [1.807, 2.05) is 16.3 Å². The van der Waals surface area contributed by atoms with Crippen LogP contribution in [0.2, 0.25) is 0 Å². The van der Waals surface area contributed by atoms with Gasteiger partial charge in [-0.1, -0.05) is 13.3 Å². The first kappa shape index (κ1) is 13.6. The van der Waals surface area contributed by atoms with Crippen LogP contribution in [-0.2, 0) is 11.2 Å². The van der Waals surface area contributed by atoms with Gasteiger partial charge in [-0.05, 0) is 25.3 Å². The molecule has 3 rings (SSSR count). The van der Waals surface area contributed by atoms with E-state index in [0.717, 1.165) is 31.2 Å². The Morgan fingerprint density at radius 1 is 1.45 bits per heavy atom. The molecule has 0 radical (unpaired) electrons. The molecule has 5 heteroatoms. The van der Waals surface area contributed by atoms with Gasteiger partial charge in [-0.15, -0.1) is 11.3 Å². The third kappa shape index (κ3) is 2.46. The van der Waals surface area contributed by atoms with Crippen LogP contribution >= 0.6 is 11.3 Å². The molecule has 2 aliphatic rings. The summed E-state index contributed by atoms with van der Waals surface area (Å²) in [5.74, 6) is 0.180. The Morgan fingerprint density at radius 3 is 3.05 bits per heavy atom. The summed E-state index contributed by atoms with van der Waals surface area (Å²) in [4.78, 5) is 27.6. The zero-order chi connectivity index (χ0) is 14.1. The van der Waals surface area contributed by atoms with E-state index in [4.69, 9.17) is 0 Å². The van der Waals surface area contributed by atoms with Crippen LogP contribution in [-0.4, -0.2) is 35.3 Å². The SMILES string of the molecule is CCCc1cc(C(=O)N2[C@@H]3CC[C@H]2CNC(=O)C3)cs1. The lowest BCUT2D eigenvalue weighted by Crippen LogP contribution is -2.42. The molecule has 4 nitrogen and oxygen atoms in total. The first-order valence-corrected chi connectivity index (χ1v) is 8.23. The minimum atomic E-state index is 0.0759. The average molecular weight is 292 g/mol. The van der Waals surface area contributed by atoms with Crippen LogP contribution in [0.3, 0.4) is 0 Å². The van der Waals surface area contributed by atoms with Crippen molar-refractivity contribution >= 4 is 23.2 Å². The lowest BCUT2D eigenvalue weighted by atomic mass is 10.1. The van der Waals surface area contributed by atoms with Crippen molar-refractivity contribution in [2.75, 3.05) is 6.54 Å². The predicted molar refractivity (Wildman–Crippen MR) is 78.9 cm³/mol. The largest absolute Gasteiger partial charge is 0.354 e. The third-order valence-electron chi connectivity index (χ3n) is 4.21. The summed E-state index contributed by atoms with van der Waals surface area (Å²) in [5.41, 5.74) is 0.796. The molecule has 20 heavy (non-hydrogen) atoms. The van der Waals surface area contributed by atoms with Crippen molar-refractivity contribution in [3.8, 4) is 0 Å². The van der Waals surface area contributed by atoms with Gasteiger partial charge in [0.15, 0.2) is 0 Å². The van der Waals surface area contributed by atoms with Crippen LogP contribution in [0.25, 0.3) is 0 Å². The second-order valence-electron chi connectivity index (χ2n) is 5.66. The maximum absolute atomic E-state index is 12.7. The van der Waals surface area contributed by atoms with Crippen LogP contribution in [0.5, 0.6) is 0 Å². The Hall–Kier alpha value is -1.36. The van der Waals surface area contributed by atoms with Crippen molar-refractivity contribution in [3.63, 3.8) is 0 Å². The number of nitrogens with zero attached hydrogens (tertiary/aromatic N) is 1. The number of thiophene rings is 1. The summed E-state index contributed by atoms with van der Waals surface area (Å²) in [6.45, 7) is 2.75. The summed E-state index contributed by atoms with van der Waals surface area (Å²) in [6.07, 6.45) is 4.54. The van der Waals surface area contributed by atoms with Gasteiger partial charge in [0.1, 0.15) is 0 Å².